The van der Waals surface area contributed by atoms with E-state index in [1.807, 2.05) is 43.4 Å². The fraction of sp³-hybridized carbons (Fsp3) is 0.294. The minimum atomic E-state index is -0.512. The van der Waals surface area contributed by atoms with Gasteiger partial charge in [-0.25, -0.2) is 0 Å². The summed E-state index contributed by atoms with van der Waals surface area (Å²) in [6, 6.07) is 20.2. The Morgan fingerprint density at radius 1 is 0.950 bits per heavy atom. The average Bonchev–Trinajstić information content (AvgIpc) is 2.49. The number of rotatable bonds is 2. The topological polar surface area (TPSA) is 32.7 Å². The molecule has 20 heavy (non-hydrogen) atoms. The molecule has 0 spiro atoms. The summed E-state index contributed by atoms with van der Waals surface area (Å²) in [6.07, 6.45) is -0.632. The van der Waals surface area contributed by atoms with Crippen LogP contribution in [0.15, 0.2) is 60.7 Å². The highest BCUT2D eigenvalue weighted by Crippen LogP contribution is 2.36. The zero-order valence-corrected chi connectivity index (χ0v) is 11.5. The van der Waals surface area contributed by atoms with Crippen molar-refractivity contribution in [1.82, 2.24) is 4.90 Å². The minimum Gasteiger partial charge on any atom is -0.389 e. The second kappa shape index (κ2) is 5.75. The van der Waals surface area contributed by atoms with E-state index in [-0.39, 0.29) is 12.3 Å². The largest absolute Gasteiger partial charge is 0.389 e. The van der Waals surface area contributed by atoms with Crippen LogP contribution in [0.1, 0.15) is 23.4 Å². The molecule has 1 unspecified atom stereocenters. The second-order valence-electron chi connectivity index (χ2n) is 5.18. The van der Waals surface area contributed by atoms with Gasteiger partial charge in [0.15, 0.2) is 0 Å². The maximum absolute atomic E-state index is 10.3. The van der Waals surface area contributed by atoms with E-state index < -0.39 is 6.10 Å². The maximum atomic E-state index is 10.3. The number of nitrogens with zero attached hydrogens (tertiary/aromatic N) is 1. The molecule has 0 aromatic heterocycles. The minimum absolute atomic E-state index is 0.0462. The van der Waals surface area contributed by atoms with E-state index in [9.17, 15) is 5.11 Å². The Hall–Kier alpha value is -1.68. The molecule has 0 radical (unpaired) electrons. The number of aliphatic hydroxyl groups excluding tert-OH is 1. The lowest BCUT2D eigenvalue weighted by molar-refractivity contribution is -0.169. The van der Waals surface area contributed by atoms with Gasteiger partial charge in [-0.3, -0.25) is 4.90 Å². The molecule has 1 saturated heterocycles. The van der Waals surface area contributed by atoms with Crippen LogP contribution in [0.2, 0.25) is 0 Å². The van der Waals surface area contributed by atoms with Crippen LogP contribution in [-0.2, 0) is 4.74 Å². The predicted molar refractivity (Wildman–Crippen MR) is 78.1 cm³/mol. The first-order chi connectivity index (χ1) is 9.77. The first-order valence-corrected chi connectivity index (χ1v) is 6.89. The lowest BCUT2D eigenvalue weighted by Crippen LogP contribution is -2.45. The van der Waals surface area contributed by atoms with Gasteiger partial charge < -0.3 is 9.84 Å². The molecule has 3 heteroatoms. The van der Waals surface area contributed by atoms with Crippen molar-refractivity contribution >= 4 is 0 Å². The van der Waals surface area contributed by atoms with E-state index in [0.717, 1.165) is 11.1 Å². The number of likely N-dealkylation sites (N-methyl/N-ethyl adjacent to an activating group) is 1. The Labute approximate surface area is 119 Å². The number of benzene rings is 2. The van der Waals surface area contributed by atoms with Gasteiger partial charge in [0.1, 0.15) is 6.23 Å². The van der Waals surface area contributed by atoms with Crippen LogP contribution < -0.4 is 0 Å². The quantitative estimate of drug-likeness (QED) is 0.910. The lowest BCUT2D eigenvalue weighted by atomic mass is 9.97. The third-order valence-corrected chi connectivity index (χ3v) is 3.82. The molecule has 1 N–H and O–H groups in total. The molecule has 3 rings (SSSR count). The highest BCUT2D eigenvalue weighted by molar-refractivity contribution is 5.23. The molecule has 0 aliphatic carbocycles. The van der Waals surface area contributed by atoms with Gasteiger partial charge in [-0.2, -0.15) is 0 Å². The molecule has 1 aliphatic heterocycles. The van der Waals surface area contributed by atoms with E-state index in [1.54, 1.807) is 0 Å². The van der Waals surface area contributed by atoms with Crippen LogP contribution in [0.4, 0.5) is 0 Å². The summed E-state index contributed by atoms with van der Waals surface area (Å²) in [5.74, 6) is 0. The third-order valence-electron chi connectivity index (χ3n) is 3.82. The van der Waals surface area contributed by atoms with E-state index >= 15 is 0 Å². The van der Waals surface area contributed by atoms with Crippen LogP contribution in [0.5, 0.6) is 0 Å². The number of ether oxygens (including phenoxy) is 1. The zero-order chi connectivity index (χ0) is 13.9. The van der Waals surface area contributed by atoms with Crippen LogP contribution in [0.25, 0.3) is 0 Å². The van der Waals surface area contributed by atoms with Crippen molar-refractivity contribution in [2.24, 2.45) is 0 Å². The van der Waals surface area contributed by atoms with Crippen molar-refractivity contribution in [1.29, 1.82) is 0 Å². The fourth-order valence-electron chi connectivity index (χ4n) is 2.87. The highest BCUT2D eigenvalue weighted by Gasteiger charge is 2.36. The average molecular weight is 269 g/mol. The van der Waals surface area contributed by atoms with Crippen molar-refractivity contribution in [2.75, 3.05) is 13.7 Å². The molecule has 3 atom stereocenters. The molecule has 1 heterocycles. The maximum Gasteiger partial charge on any atom is 0.137 e. The molecule has 2 aromatic carbocycles. The van der Waals surface area contributed by atoms with Crippen LogP contribution >= 0.6 is 0 Å². The smallest absolute Gasteiger partial charge is 0.137 e. The summed E-state index contributed by atoms with van der Waals surface area (Å²) in [5.41, 5.74) is 2.23. The molecule has 0 amide bonds. The standard InChI is InChI=1S/C17H19NO2/c1-18-16(13-8-4-2-5-9-13)15(19)12-20-17(18)14-10-6-3-7-11-14/h2-11,15-17,19H,12H2,1H3/t15-,16+,17?/m0/s1. The Morgan fingerprint density at radius 2 is 1.50 bits per heavy atom. The molecule has 1 aliphatic rings. The van der Waals surface area contributed by atoms with Gasteiger partial charge in [-0.1, -0.05) is 60.7 Å². The molecule has 2 aromatic rings. The predicted octanol–water partition coefficient (Wildman–Crippen LogP) is 2.75. The fourth-order valence-corrected chi connectivity index (χ4v) is 2.87. The number of aliphatic hydroxyl groups is 1. The van der Waals surface area contributed by atoms with Crippen molar-refractivity contribution < 1.29 is 9.84 Å². The van der Waals surface area contributed by atoms with Gasteiger partial charge in [0.2, 0.25) is 0 Å². The Balaban J connectivity index is 1.90. The molecule has 0 saturated carbocycles. The summed E-state index contributed by atoms with van der Waals surface area (Å²) >= 11 is 0. The molecule has 1 fully saturated rings. The van der Waals surface area contributed by atoms with Crippen LogP contribution in [0.3, 0.4) is 0 Å². The normalized spacial score (nSPS) is 27.4. The molecule has 3 nitrogen and oxygen atoms in total. The van der Waals surface area contributed by atoms with E-state index in [2.05, 4.69) is 29.2 Å². The molecule has 104 valence electrons. The van der Waals surface area contributed by atoms with Gasteiger partial charge in [0.25, 0.3) is 0 Å². The molecule has 0 bridgehead atoms. The van der Waals surface area contributed by atoms with Gasteiger partial charge in [0.05, 0.1) is 18.8 Å². The van der Waals surface area contributed by atoms with Crippen LogP contribution in [0, 0.1) is 0 Å². The van der Waals surface area contributed by atoms with Gasteiger partial charge in [0, 0.05) is 0 Å². The zero-order valence-electron chi connectivity index (χ0n) is 11.5. The first-order valence-electron chi connectivity index (χ1n) is 6.89. The Morgan fingerprint density at radius 3 is 2.10 bits per heavy atom. The molecular formula is C17H19NO2. The summed E-state index contributed by atoms with van der Waals surface area (Å²) in [4.78, 5) is 2.10. The van der Waals surface area contributed by atoms with Gasteiger partial charge in [-0.05, 0) is 18.2 Å². The first kappa shape index (κ1) is 13.3. The van der Waals surface area contributed by atoms with E-state index in [0.29, 0.717) is 6.61 Å². The highest BCUT2D eigenvalue weighted by atomic mass is 16.5. The lowest BCUT2D eigenvalue weighted by Gasteiger charge is -2.42. The Bertz CT molecular complexity index is 543. The van der Waals surface area contributed by atoms with E-state index in [1.165, 1.54) is 0 Å². The summed E-state index contributed by atoms with van der Waals surface area (Å²) in [6.45, 7) is 0.351. The van der Waals surface area contributed by atoms with Crippen molar-refractivity contribution in [3.63, 3.8) is 0 Å². The monoisotopic (exact) mass is 269 g/mol. The van der Waals surface area contributed by atoms with Crippen molar-refractivity contribution in [2.45, 2.75) is 18.4 Å². The van der Waals surface area contributed by atoms with E-state index in [4.69, 9.17) is 4.74 Å². The summed E-state index contributed by atoms with van der Waals surface area (Å²) in [5, 5.41) is 10.3. The SMILES string of the molecule is CN1C(c2ccccc2)OC[C@H](O)[C@H]1c1ccccc1. The Kier molecular flexibility index (Phi) is 3.83. The molecular weight excluding hydrogens is 250 g/mol. The second-order valence-corrected chi connectivity index (χ2v) is 5.18. The number of hydrogen-bond donors (Lipinski definition) is 1. The summed E-state index contributed by atoms with van der Waals surface area (Å²) in [7, 11) is 2.00. The van der Waals surface area contributed by atoms with Crippen LogP contribution in [-0.4, -0.2) is 29.8 Å². The van der Waals surface area contributed by atoms with Gasteiger partial charge in [-0.15, -0.1) is 0 Å². The van der Waals surface area contributed by atoms with Crippen molar-refractivity contribution in [3.05, 3.63) is 71.8 Å². The summed E-state index contributed by atoms with van der Waals surface area (Å²) < 4.78 is 5.82. The van der Waals surface area contributed by atoms with Crippen molar-refractivity contribution in [3.8, 4) is 0 Å². The number of hydrogen-bond acceptors (Lipinski definition) is 3. The third kappa shape index (κ3) is 2.48. The van der Waals surface area contributed by atoms with Gasteiger partial charge >= 0.3 is 0 Å².